The smallest absolute Gasteiger partial charge is 0.410 e. The topological polar surface area (TPSA) is 117 Å². The SMILES string of the molecule is C/C(=C\c1cc(F)c2cnn(CC(=O)N3CCCC3)c2c1)[C@H]1OC(=O)C[C@H](O)CC[C@H](C)[C@@H](OC(=O)N2CCN(C)CC2)/C=C\[C@@H]1C. The number of likely N-dealkylation sites (N-methyl/N-ethyl adjacent to an activating group) is 1. The van der Waals surface area contributed by atoms with Crippen LogP contribution in [0.1, 0.15) is 58.4 Å². The van der Waals surface area contributed by atoms with Crippen LogP contribution in [0.3, 0.4) is 0 Å². The van der Waals surface area contributed by atoms with Gasteiger partial charge >= 0.3 is 12.1 Å². The molecule has 2 saturated heterocycles. The molecule has 0 radical (unpaired) electrons. The molecule has 11 nitrogen and oxygen atoms in total. The van der Waals surface area contributed by atoms with E-state index in [1.807, 2.05) is 40.0 Å². The summed E-state index contributed by atoms with van der Waals surface area (Å²) in [5.74, 6) is -1.46. The zero-order valence-electron chi connectivity index (χ0n) is 27.9. The number of carbonyl (C=O) groups is 3. The highest BCUT2D eigenvalue weighted by Gasteiger charge is 2.29. The van der Waals surface area contributed by atoms with Crippen molar-refractivity contribution in [3.8, 4) is 0 Å². The number of ether oxygens (including phenoxy) is 2. The first-order valence-corrected chi connectivity index (χ1v) is 16.8. The van der Waals surface area contributed by atoms with Crippen LogP contribution in [0.4, 0.5) is 9.18 Å². The molecular formula is C35H48FN5O6. The van der Waals surface area contributed by atoms with E-state index in [1.54, 1.807) is 21.9 Å². The second-order valence-electron chi connectivity index (χ2n) is 13.4. The molecule has 4 heterocycles. The number of hydrogen-bond donors (Lipinski definition) is 1. The Balaban J connectivity index is 1.38. The summed E-state index contributed by atoms with van der Waals surface area (Å²) in [6.07, 6.45) is 7.14. The summed E-state index contributed by atoms with van der Waals surface area (Å²) in [5.41, 5.74) is 1.70. The lowest BCUT2D eigenvalue weighted by Crippen LogP contribution is -2.48. The Kier molecular flexibility index (Phi) is 11.3. The van der Waals surface area contributed by atoms with Gasteiger partial charge in [0.05, 0.1) is 29.6 Å². The summed E-state index contributed by atoms with van der Waals surface area (Å²) in [6, 6.07) is 3.18. The Hall–Kier alpha value is -3.77. The van der Waals surface area contributed by atoms with Gasteiger partial charge in [-0.15, -0.1) is 0 Å². The van der Waals surface area contributed by atoms with E-state index in [1.165, 1.54) is 16.9 Å². The molecule has 1 N–H and O–H groups in total. The molecule has 0 unspecified atom stereocenters. The van der Waals surface area contributed by atoms with Crippen molar-refractivity contribution in [3.05, 3.63) is 47.4 Å². The molecule has 256 valence electrons. The number of esters is 1. The lowest BCUT2D eigenvalue weighted by Gasteiger charge is -2.33. The first-order chi connectivity index (χ1) is 22.5. The second-order valence-corrected chi connectivity index (χ2v) is 13.4. The molecule has 0 bridgehead atoms. The third kappa shape index (κ3) is 8.78. The van der Waals surface area contributed by atoms with E-state index in [9.17, 15) is 19.5 Å². The molecule has 3 aliphatic heterocycles. The van der Waals surface area contributed by atoms with Gasteiger partial charge in [0.2, 0.25) is 5.91 Å². The van der Waals surface area contributed by atoms with Crippen LogP contribution >= 0.6 is 0 Å². The van der Waals surface area contributed by atoms with Crippen LogP contribution in [-0.4, -0.2) is 112 Å². The Labute approximate surface area is 275 Å². The minimum Gasteiger partial charge on any atom is -0.457 e. The van der Waals surface area contributed by atoms with Gasteiger partial charge in [0, 0.05) is 45.2 Å². The van der Waals surface area contributed by atoms with Crippen molar-refractivity contribution in [1.82, 2.24) is 24.5 Å². The van der Waals surface area contributed by atoms with Crippen molar-refractivity contribution in [1.29, 1.82) is 0 Å². The number of aliphatic hydroxyl groups is 1. The number of nitrogens with zero attached hydrogens (tertiary/aromatic N) is 5. The molecular weight excluding hydrogens is 605 g/mol. The summed E-state index contributed by atoms with van der Waals surface area (Å²) in [4.78, 5) is 44.5. The van der Waals surface area contributed by atoms with Crippen LogP contribution in [0.15, 0.2) is 36.1 Å². The molecule has 0 aliphatic carbocycles. The maximum atomic E-state index is 15.3. The molecule has 5 atom stereocenters. The van der Waals surface area contributed by atoms with Crippen LogP contribution in [0.5, 0.6) is 0 Å². The van der Waals surface area contributed by atoms with Crippen LogP contribution in [0, 0.1) is 17.7 Å². The maximum Gasteiger partial charge on any atom is 0.410 e. The van der Waals surface area contributed by atoms with Crippen molar-refractivity contribution >= 4 is 34.9 Å². The summed E-state index contributed by atoms with van der Waals surface area (Å²) in [5, 5.41) is 15.3. The van der Waals surface area contributed by atoms with Crippen LogP contribution < -0.4 is 0 Å². The third-order valence-corrected chi connectivity index (χ3v) is 9.58. The van der Waals surface area contributed by atoms with Gasteiger partial charge in [0.1, 0.15) is 24.6 Å². The van der Waals surface area contributed by atoms with Crippen LogP contribution in [-0.2, 0) is 25.6 Å². The number of aliphatic hydroxyl groups excluding tert-OH is 1. The summed E-state index contributed by atoms with van der Waals surface area (Å²) >= 11 is 0. The number of hydrogen-bond acceptors (Lipinski definition) is 8. The van der Waals surface area contributed by atoms with Crippen molar-refractivity contribution in [2.45, 2.75) is 77.7 Å². The third-order valence-electron chi connectivity index (χ3n) is 9.58. The summed E-state index contributed by atoms with van der Waals surface area (Å²) in [6.45, 7) is 9.92. The van der Waals surface area contributed by atoms with Gasteiger partial charge in [-0.05, 0) is 74.9 Å². The molecule has 12 heteroatoms. The first-order valence-electron chi connectivity index (χ1n) is 16.8. The second kappa shape index (κ2) is 15.4. The standard InChI is InChI=1S/C35H48FN5O6/c1-23-7-9-27(42)20-33(44)47-34(24(2)8-10-31(23)46-35(45)40-15-13-38(4)14-16-40)25(3)17-26-18-29(36)28-21-37-41(30(28)19-26)22-32(43)39-11-5-6-12-39/h8,10,17-19,21,23-24,27,31,34,42H,5-7,9,11-16,20,22H2,1-4H3/b10-8-,25-17+/t23-,24-,27+,31-,34-/m0/s1. The van der Waals surface area contributed by atoms with Gasteiger partial charge in [-0.2, -0.15) is 5.10 Å². The number of halogens is 1. The number of fused-ring (bicyclic) bond motifs is 1. The van der Waals surface area contributed by atoms with Crippen molar-refractivity contribution in [3.63, 3.8) is 0 Å². The predicted octanol–water partition coefficient (Wildman–Crippen LogP) is 4.24. The molecule has 2 aromatic rings. The fourth-order valence-electron chi connectivity index (χ4n) is 6.53. The number of likely N-dealkylation sites (tertiary alicyclic amines) is 1. The zero-order valence-corrected chi connectivity index (χ0v) is 27.9. The Morgan fingerprint density at radius 3 is 2.51 bits per heavy atom. The quantitative estimate of drug-likeness (QED) is 0.377. The number of rotatable bonds is 5. The molecule has 2 fully saturated rings. The maximum absolute atomic E-state index is 15.3. The average Bonchev–Trinajstić information content (AvgIpc) is 3.71. The van der Waals surface area contributed by atoms with Gasteiger partial charge < -0.3 is 29.3 Å². The van der Waals surface area contributed by atoms with Crippen molar-refractivity contribution in [2.75, 3.05) is 46.3 Å². The highest BCUT2D eigenvalue weighted by atomic mass is 19.1. The molecule has 0 saturated carbocycles. The van der Waals surface area contributed by atoms with E-state index < -0.39 is 30.1 Å². The molecule has 5 rings (SSSR count). The fraction of sp³-hybridized carbons (Fsp3) is 0.600. The predicted molar refractivity (Wildman–Crippen MR) is 176 cm³/mol. The Morgan fingerprint density at radius 2 is 1.79 bits per heavy atom. The van der Waals surface area contributed by atoms with Crippen molar-refractivity contribution < 1.29 is 33.4 Å². The zero-order chi connectivity index (χ0) is 33.7. The number of aromatic nitrogens is 2. The minimum absolute atomic E-state index is 0.0262. The number of piperazine rings is 1. The monoisotopic (exact) mass is 653 g/mol. The normalized spacial score (nSPS) is 27.7. The number of carbonyl (C=O) groups excluding carboxylic acids is 3. The Bertz CT molecular complexity index is 1490. The Morgan fingerprint density at radius 1 is 1.06 bits per heavy atom. The van der Waals surface area contributed by atoms with E-state index in [0.717, 1.165) is 39.0 Å². The van der Waals surface area contributed by atoms with Gasteiger partial charge in [-0.1, -0.05) is 26.0 Å². The molecule has 47 heavy (non-hydrogen) atoms. The van der Waals surface area contributed by atoms with Crippen LogP contribution in [0.2, 0.25) is 0 Å². The molecule has 1 aromatic carbocycles. The van der Waals surface area contributed by atoms with Gasteiger partial charge in [-0.3, -0.25) is 14.3 Å². The summed E-state index contributed by atoms with van der Waals surface area (Å²) in [7, 11) is 2.02. The highest BCUT2D eigenvalue weighted by Crippen LogP contribution is 2.28. The summed E-state index contributed by atoms with van der Waals surface area (Å²) < 4.78 is 28.7. The minimum atomic E-state index is -0.900. The average molecular weight is 654 g/mol. The van der Waals surface area contributed by atoms with Crippen LogP contribution in [0.25, 0.3) is 17.0 Å². The number of benzene rings is 1. The first kappa shape index (κ1) is 34.6. The van der Waals surface area contributed by atoms with Gasteiger partial charge in [0.15, 0.2) is 0 Å². The lowest BCUT2D eigenvalue weighted by molar-refractivity contribution is -0.151. The van der Waals surface area contributed by atoms with Crippen molar-refractivity contribution in [2.24, 2.45) is 11.8 Å². The van der Waals surface area contributed by atoms with E-state index in [2.05, 4.69) is 10.00 Å². The van der Waals surface area contributed by atoms with E-state index in [-0.39, 0.29) is 36.8 Å². The van der Waals surface area contributed by atoms with E-state index >= 15 is 4.39 Å². The molecule has 1 aromatic heterocycles. The highest BCUT2D eigenvalue weighted by molar-refractivity contribution is 5.84. The number of cyclic esters (lactones) is 1. The van der Waals surface area contributed by atoms with E-state index in [0.29, 0.717) is 48.0 Å². The molecule has 3 aliphatic rings. The molecule has 0 spiro atoms. The van der Waals surface area contributed by atoms with Gasteiger partial charge in [0.25, 0.3) is 0 Å². The lowest BCUT2D eigenvalue weighted by atomic mass is 9.91. The number of amides is 2. The van der Waals surface area contributed by atoms with Gasteiger partial charge in [-0.25, -0.2) is 9.18 Å². The van der Waals surface area contributed by atoms with E-state index in [4.69, 9.17) is 9.47 Å². The molecule has 2 amide bonds. The fourth-order valence-corrected chi connectivity index (χ4v) is 6.53. The largest absolute Gasteiger partial charge is 0.457 e.